The average molecular weight is 445 g/mol. The summed E-state index contributed by atoms with van der Waals surface area (Å²) in [6, 6.07) is 13.9. The van der Waals surface area contributed by atoms with Crippen LogP contribution in [0, 0.1) is 5.92 Å². The Kier molecular flexibility index (Phi) is 6.14. The van der Waals surface area contributed by atoms with Crippen LogP contribution in [0.2, 0.25) is 0 Å². The van der Waals surface area contributed by atoms with Crippen LogP contribution in [0.25, 0.3) is 0 Å². The Bertz CT molecular complexity index is 878. The number of amides is 2. The van der Waals surface area contributed by atoms with Crippen molar-refractivity contribution in [3.63, 3.8) is 0 Å². The van der Waals surface area contributed by atoms with E-state index in [-0.39, 0.29) is 24.3 Å². The molecule has 1 atom stereocenters. The largest absolute Gasteiger partial charge is 0.459 e. The van der Waals surface area contributed by atoms with E-state index in [0.717, 1.165) is 10.2 Å². The standard InChI is InChI=1S/C21H21BrN2O4/c1-13(2)28-21(27)14-3-7-17(8-4-14)23-20(26)15-11-19(25)24(12-15)18-9-5-16(22)6-10-18/h3-10,13,15H,11-12H2,1-2H3,(H,23,26)/t15-/m1/s1. The van der Waals surface area contributed by atoms with E-state index in [2.05, 4.69) is 21.2 Å². The normalized spacial score (nSPS) is 16.4. The van der Waals surface area contributed by atoms with Crippen molar-refractivity contribution < 1.29 is 19.1 Å². The molecule has 1 heterocycles. The van der Waals surface area contributed by atoms with Crippen LogP contribution in [-0.4, -0.2) is 30.4 Å². The van der Waals surface area contributed by atoms with Gasteiger partial charge in [0.2, 0.25) is 11.8 Å². The zero-order valence-corrected chi connectivity index (χ0v) is 17.2. The summed E-state index contributed by atoms with van der Waals surface area (Å²) in [5, 5.41) is 2.82. The second-order valence-electron chi connectivity index (χ2n) is 6.90. The smallest absolute Gasteiger partial charge is 0.338 e. The van der Waals surface area contributed by atoms with E-state index in [1.807, 2.05) is 24.3 Å². The van der Waals surface area contributed by atoms with Gasteiger partial charge in [-0.3, -0.25) is 9.59 Å². The first-order chi connectivity index (χ1) is 13.3. The van der Waals surface area contributed by atoms with Crippen molar-refractivity contribution in [2.75, 3.05) is 16.8 Å². The SMILES string of the molecule is CC(C)OC(=O)c1ccc(NC(=O)[C@@H]2CC(=O)N(c3ccc(Br)cc3)C2)cc1. The first-order valence-electron chi connectivity index (χ1n) is 9.01. The lowest BCUT2D eigenvalue weighted by Gasteiger charge is -2.17. The summed E-state index contributed by atoms with van der Waals surface area (Å²) in [6.45, 7) is 3.91. The number of carbonyl (C=O) groups is 3. The molecule has 28 heavy (non-hydrogen) atoms. The Morgan fingerprint density at radius 1 is 1.11 bits per heavy atom. The Labute approximate surface area is 172 Å². The molecule has 2 aromatic rings. The summed E-state index contributed by atoms with van der Waals surface area (Å²) in [4.78, 5) is 38.4. The molecule has 0 aromatic heterocycles. The third-order valence-corrected chi connectivity index (χ3v) is 4.89. The maximum absolute atomic E-state index is 12.6. The van der Waals surface area contributed by atoms with Crippen LogP contribution in [0.3, 0.4) is 0 Å². The molecule has 7 heteroatoms. The third-order valence-electron chi connectivity index (χ3n) is 4.37. The monoisotopic (exact) mass is 444 g/mol. The molecule has 0 bridgehead atoms. The first kappa shape index (κ1) is 20.1. The van der Waals surface area contributed by atoms with Gasteiger partial charge in [-0.1, -0.05) is 15.9 Å². The predicted molar refractivity (Wildman–Crippen MR) is 110 cm³/mol. The fourth-order valence-electron chi connectivity index (χ4n) is 2.97. The highest BCUT2D eigenvalue weighted by molar-refractivity contribution is 9.10. The van der Waals surface area contributed by atoms with Crippen molar-refractivity contribution in [3.05, 3.63) is 58.6 Å². The van der Waals surface area contributed by atoms with E-state index in [4.69, 9.17) is 4.74 Å². The van der Waals surface area contributed by atoms with Gasteiger partial charge >= 0.3 is 5.97 Å². The van der Waals surface area contributed by atoms with Gasteiger partial charge in [0, 0.05) is 28.8 Å². The number of halogens is 1. The molecular formula is C21H21BrN2O4. The number of esters is 1. The number of rotatable bonds is 5. The van der Waals surface area contributed by atoms with Gasteiger partial charge in [-0.15, -0.1) is 0 Å². The molecule has 1 aliphatic rings. The molecular weight excluding hydrogens is 424 g/mol. The minimum Gasteiger partial charge on any atom is -0.459 e. The number of ether oxygens (including phenoxy) is 1. The van der Waals surface area contributed by atoms with Crippen molar-refractivity contribution in [2.45, 2.75) is 26.4 Å². The molecule has 1 fully saturated rings. The fraction of sp³-hybridized carbons (Fsp3) is 0.286. The highest BCUT2D eigenvalue weighted by atomic mass is 79.9. The Morgan fingerprint density at radius 3 is 2.36 bits per heavy atom. The minimum atomic E-state index is -0.429. The summed E-state index contributed by atoms with van der Waals surface area (Å²) in [6.07, 6.45) is -0.0267. The zero-order valence-electron chi connectivity index (χ0n) is 15.6. The van der Waals surface area contributed by atoms with Crippen molar-refractivity contribution >= 4 is 45.1 Å². The van der Waals surface area contributed by atoms with Crippen LogP contribution in [0.4, 0.5) is 11.4 Å². The lowest BCUT2D eigenvalue weighted by molar-refractivity contribution is -0.122. The summed E-state index contributed by atoms with van der Waals surface area (Å²) in [7, 11) is 0. The van der Waals surface area contributed by atoms with Crippen molar-refractivity contribution in [2.24, 2.45) is 5.92 Å². The average Bonchev–Trinajstić information content (AvgIpc) is 3.04. The van der Waals surface area contributed by atoms with E-state index in [9.17, 15) is 14.4 Å². The van der Waals surface area contributed by atoms with Crippen LogP contribution in [0.5, 0.6) is 0 Å². The molecule has 0 unspecified atom stereocenters. The topological polar surface area (TPSA) is 75.7 Å². The van der Waals surface area contributed by atoms with Crippen LogP contribution >= 0.6 is 15.9 Å². The number of carbonyl (C=O) groups excluding carboxylic acids is 3. The van der Waals surface area contributed by atoms with Crippen LogP contribution in [0.1, 0.15) is 30.6 Å². The second-order valence-corrected chi connectivity index (χ2v) is 7.82. The molecule has 146 valence electrons. The van der Waals surface area contributed by atoms with Gasteiger partial charge in [-0.05, 0) is 62.4 Å². The van der Waals surface area contributed by atoms with Gasteiger partial charge in [0.15, 0.2) is 0 Å². The first-order valence-corrected chi connectivity index (χ1v) is 9.80. The van der Waals surface area contributed by atoms with Gasteiger partial charge < -0.3 is 15.0 Å². The van der Waals surface area contributed by atoms with Gasteiger partial charge in [0.05, 0.1) is 17.6 Å². The Balaban J connectivity index is 1.61. The number of hydrogen-bond acceptors (Lipinski definition) is 4. The highest BCUT2D eigenvalue weighted by Crippen LogP contribution is 2.27. The quantitative estimate of drug-likeness (QED) is 0.706. The number of anilines is 2. The van der Waals surface area contributed by atoms with Crippen molar-refractivity contribution in [1.29, 1.82) is 0 Å². The lowest BCUT2D eigenvalue weighted by atomic mass is 10.1. The molecule has 2 amide bonds. The maximum atomic E-state index is 12.6. The lowest BCUT2D eigenvalue weighted by Crippen LogP contribution is -2.28. The van der Waals surface area contributed by atoms with E-state index in [1.54, 1.807) is 43.0 Å². The molecule has 1 aliphatic heterocycles. The highest BCUT2D eigenvalue weighted by Gasteiger charge is 2.35. The van der Waals surface area contributed by atoms with E-state index in [0.29, 0.717) is 17.8 Å². The Morgan fingerprint density at radius 2 is 1.75 bits per heavy atom. The molecule has 0 radical (unpaired) electrons. The molecule has 1 saturated heterocycles. The van der Waals surface area contributed by atoms with E-state index in [1.165, 1.54) is 0 Å². The molecule has 0 aliphatic carbocycles. The Hall–Kier alpha value is -2.67. The summed E-state index contributed by atoms with van der Waals surface area (Å²) in [5.41, 5.74) is 1.77. The van der Waals surface area contributed by atoms with E-state index < -0.39 is 11.9 Å². The zero-order chi connectivity index (χ0) is 20.3. The van der Waals surface area contributed by atoms with Gasteiger partial charge in [0.1, 0.15) is 0 Å². The number of hydrogen-bond donors (Lipinski definition) is 1. The van der Waals surface area contributed by atoms with E-state index >= 15 is 0 Å². The second kappa shape index (κ2) is 8.56. The van der Waals surface area contributed by atoms with Crippen LogP contribution < -0.4 is 10.2 Å². The molecule has 0 saturated carbocycles. The predicted octanol–water partition coefficient (Wildman–Crippen LogP) is 4.01. The molecule has 0 spiro atoms. The van der Waals surface area contributed by atoms with Gasteiger partial charge in [0.25, 0.3) is 0 Å². The fourth-order valence-corrected chi connectivity index (χ4v) is 3.23. The van der Waals surface area contributed by atoms with Gasteiger partial charge in [-0.2, -0.15) is 0 Å². The number of nitrogens with one attached hydrogen (secondary N) is 1. The van der Waals surface area contributed by atoms with Gasteiger partial charge in [-0.25, -0.2) is 4.79 Å². The molecule has 2 aromatic carbocycles. The number of benzene rings is 2. The summed E-state index contributed by atoms with van der Waals surface area (Å²) < 4.78 is 6.07. The summed E-state index contributed by atoms with van der Waals surface area (Å²) in [5.74, 6) is -1.12. The van der Waals surface area contributed by atoms with Crippen LogP contribution in [-0.2, 0) is 14.3 Å². The minimum absolute atomic E-state index is 0.0748. The molecule has 1 N–H and O–H groups in total. The van der Waals surface area contributed by atoms with Crippen molar-refractivity contribution in [1.82, 2.24) is 0 Å². The maximum Gasteiger partial charge on any atom is 0.338 e. The summed E-state index contributed by atoms with van der Waals surface area (Å²) >= 11 is 3.37. The van der Waals surface area contributed by atoms with Crippen LogP contribution in [0.15, 0.2) is 53.0 Å². The molecule has 6 nitrogen and oxygen atoms in total. The third kappa shape index (κ3) is 4.78. The number of nitrogens with zero attached hydrogens (tertiary/aromatic N) is 1. The molecule has 3 rings (SSSR count). The van der Waals surface area contributed by atoms with Crippen molar-refractivity contribution in [3.8, 4) is 0 Å².